The van der Waals surface area contributed by atoms with Gasteiger partial charge in [-0.3, -0.25) is 0 Å². The summed E-state index contributed by atoms with van der Waals surface area (Å²) in [6, 6.07) is 0. The van der Waals surface area contributed by atoms with E-state index in [9.17, 15) is 10.2 Å². The normalized spacial score (nSPS) is 53.7. The van der Waals surface area contributed by atoms with Crippen molar-refractivity contribution < 1.29 is 24.8 Å². The highest BCUT2D eigenvalue weighted by Crippen LogP contribution is 2.46. The summed E-state index contributed by atoms with van der Waals surface area (Å²) in [5.74, 6) is 2.11. The molecule has 5 nitrogen and oxygen atoms in total. The highest BCUT2D eigenvalue weighted by molar-refractivity contribution is 5.29. The van der Waals surface area contributed by atoms with Crippen LogP contribution in [-0.2, 0) is 9.47 Å². The fourth-order valence-electron chi connectivity index (χ4n) is 1.84. The molecular weight excluding hydrogens is 176 g/mol. The molecule has 0 aliphatic carbocycles. The van der Waals surface area contributed by atoms with E-state index in [1.54, 1.807) is 0 Å². The first-order valence-corrected chi connectivity index (χ1v) is 3.88. The molecule has 2 fully saturated rings. The van der Waals surface area contributed by atoms with E-state index in [4.69, 9.17) is 21.0 Å². The molecule has 72 valence electrons. The minimum atomic E-state index is -1.73. The van der Waals surface area contributed by atoms with Crippen LogP contribution >= 0.6 is 0 Å². The van der Waals surface area contributed by atoms with Crippen LogP contribution in [0.5, 0.6) is 0 Å². The van der Waals surface area contributed by atoms with Gasteiger partial charge in [-0.15, -0.1) is 6.42 Å². The summed E-state index contributed by atoms with van der Waals surface area (Å²) in [7, 11) is 0. The molecule has 2 saturated heterocycles. The van der Waals surface area contributed by atoms with Gasteiger partial charge in [-0.1, -0.05) is 5.92 Å². The predicted octanol–water partition coefficient (Wildman–Crippen LogP) is -2.17. The van der Waals surface area contributed by atoms with Crippen molar-refractivity contribution in [3.8, 4) is 12.3 Å². The van der Waals surface area contributed by atoms with E-state index in [1.807, 2.05) is 0 Å². The standard InChI is InChI=1S/C8H10O5/c1-2-8(11)5-6(10)13-7(8,3-9)4-12-5/h1,5-6,9-11H,3-4H2/t5-,6?,7-,8+/m1/s1. The number of rotatable bonds is 1. The molecule has 2 rings (SSSR count). The summed E-state index contributed by atoms with van der Waals surface area (Å²) < 4.78 is 10.0. The first kappa shape index (κ1) is 8.94. The second-order valence-corrected chi connectivity index (χ2v) is 3.30. The average molecular weight is 186 g/mol. The summed E-state index contributed by atoms with van der Waals surface area (Å²) in [4.78, 5) is 0. The van der Waals surface area contributed by atoms with Gasteiger partial charge in [0.1, 0.15) is 0 Å². The van der Waals surface area contributed by atoms with Crippen LogP contribution in [0.25, 0.3) is 0 Å². The van der Waals surface area contributed by atoms with Gasteiger partial charge in [-0.2, -0.15) is 0 Å². The van der Waals surface area contributed by atoms with Gasteiger partial charge in [0, 0.05) is 0 Å². The van der Waals surface area contributed by atoms with Gasteiger partial charge in [-0.05, 0) is 0 Å². The van der Waals surface area contributed by atoms with Crippen LogP contribution in [-0.4, -0.2) is 52.1 Å². The van der Waals surface area contributed by atoms with Gasteiger partial charge in [0.05, 0.1) is 13.2 Å². The van der Waals surface area contributed by atoms with Gasteiger partial charge in [0.15, 0.2) is 23.6 Å². The van der Waals surface area contributed by atoms with Crippen LogP contribution in [0, 0.1) is 12.3 Å². The van der Waals surface area contributed by atoms with Crippen molar-refractivity contribution in [2.75, 3.05) is 13.2 Å². The smallest absolute Gasteiger partial charge is 0.190 e. The highest BCUT2D eigenvalue weighted by Gasteiger charge is 2.70. The Morgan fingerprint density at radius 3 is 2.69 bits per heavy atom. The maximum absolute atomic E-state index is 9.91. The number of aliphatic hydroxyl groups is 3. The summed E-state index contributed by atoms with van der Waals surface area (Å²) in [5, 5.41) is 28.2. The zero-order valence-electron chi connectivity index (χ0n) is 6.80. The first-order valence-electron chi connectivity index (χ1n) is 3.88. The molecule has 0 aromatic heterocycles. The Balaban J connectivity index is 2.44. The SMILES string of the molecule is C#C[C@]1(O)[C@@H]2OC[C@@]1(CO)OC2O. The van der Waals surface area contributed by atoms with Crippen LogP contribution in [0.2, 0.25) is 0 Å². The molecule has 4 atom stereocenters. The molecule has 1 unspecified atom stereocenters. The van der Waals surface area contributed by atoms with Crippen molar-refractivity contribution in [2.24, 2.45) is 0 Å². The second kappa shape index (κ2) is 2.44. The zero-order chi connectivity index (χ0) is 9.69. The minimum absolute atomic E-state index is 0.00801. The monoisotopic (exact) mass is 186 g/mol. The van der Waals surface area contributed by atoms with Crippen LogP contribution < -0.4 is 0 Å². The lowest BCUT2D eigenvalue weighted by Crippen LogP contribution is -2.53. The zero-order valence-corrected chi connectivity index (χ0v) is 6.80. The quantitative estimate of drug-likeness (QED) is 0.406. The molecule has 0 radical (unpaired) electrons. The Labute approximate surface area is 74.9 Å². The number of hydrogen-bond donors (Lipinski definition) is 3. The van der Waals surface area contributed by atoms with E-state index in [1.165, 1.54) is 0 Å². The first-order chi connectivity index (χ1) is 6.09. The van der Waals surface area contributed by atoms with Crippen LogP contribution in [0.4, 0.5) is 0 Å². The molecule has 2 aliphatic rings. The number of fused-ring (bicyclic) bond motifs is 2. The molecule has 3 N–H and O–H groups in total. The van der Waals surface area contributed by atoms with Crippen molar-refractivity contribution in [1.82, 2.24) is 0 Å². The Bertz CT molecular complexity index is 272. The van der Waals surface area contributed by atoms with Crippen LogP contribution in [0.3, 0.4) is 0 Å². The van der Waals surface area contributed by atoms with Gasteiger partial charge in [-0.25, -0.2) is 0 Å². The van der Waals surface area contributed by atoms with Gasteiger partial charge in [0.2, 0.25) is 0 Å². The molecule has 2 aliphatic heterocycles. The largest absolute Gasteiger partial charge is 0.393 e. The number of ether oxygens (including phenoxy) is 2. The summed E-state index contributed by atoms with van der Waals surface area (Å²) in [6.07, 6.45) is 2.89. The second-order valence-electron chi connectivity index (χ2n) is 3.30. The molecule has 0 amide bonds. The fourth-order valence-corrected chi connectivity index (χ4v) is 1.84. The molecule has 0 aromatic carbocycles. The maximum atomic E-state index is 9.91. The predicted molar refractivity (Wildman–Crippen MR) is 40.4 cm³/mol. The lowest BCUT2D eigenvalue weighted by Gasteiger charge is -2.29. The Morgan fingerprint density at radius 2 is 2.31 bits per heavy atom. The Hall–Kier alpha value is -0.640. The average Bonchev–Trinajstić information content (AvgIpc) is 2.53. The molecule has 0 spiro atoms. The third-order valence-corrected chi connectivity index (χ3v) is 2.68. The third-order valence-electron chi connectivity index (χ3n) is 2.68. The van der Waals surface area contributed by atoms with Gasteiger partial charge in [0.25, 0.3) is 0 Å². The minimum Gasteiger partial charge on any atom is -0.393 e. The van der Waals surface area contributed by atoms with E-state index in [0.717, 1.165) is 0 Å². The van der Waals surface area contributed by atoms with Crippen molar-refractivity contribution >= 4 is 0 Å². The summed E-state index contributed by atoms with van der Waals surface area (Å²) >= 11 is 0. The van der Waals surface area contributed by atoms with Gasteiger partial charge < -0.3 is 24.8 Å². The lowest BCUT2D eigenvalue weighted by atomic mass is 9.85. The van der Waals surface area contributed by atoms with E-state index in [2.05, 4.69) is 5.92 Å². The number of terminal acetylenes is 1. The van der Waals surface area contributed by atoms with Crippen LogP contribution in [0.15, 0.2) is 0 Å². The summed E-state index contributed by atoms with van der Waals surface area (Å²) in [5.41, 5.74) is -3.10. The Kier molecular flexibility index (Phi) is 1.68. The molecular formula is C8H10O5. The number of aliphatic hydroxyl groups excluding tert-OH is 2. The van der Waals surface area contributed by atoms with Crippen LogP contribution in [0.1, 0.15) is 0 Å². The lowest BCUT2D eigenvalue weighted by molar-refractivity contribution is -0.232. The third kappa shape index (κ3) is 0.796. The molecule has 0 saturated carbocycles. The fraction of sp³-hybridized carbons (Fsp3) is 0.750. The maximum Gasteiger partial charge on any atom is 0.190 e. The van der Waals surface area contributed by atoms with Crippen molar-refractivity contribution in [3.05, 3.63) is 0 Å². The molecule has 0 aromatic rings. The highest BCUT2D eigenvalue weighted by atomic mass is 16.7. The van der Waals surface area contributed by atoms with E-state index in [-0.39, 0.29) is 6.61 Å². The topological polar surface area (TPSA) is 79.2 Å². The van der Waals surface area contributed by atoms with E-state index < -0.39 is 30.2 Å². The summed E-state index contributed by atoms with van der Waals surface area (Å²) in [6.45, 7) is -0.493. The van der Waals surface area contributed by atoms with Crippen molar-refractivity contribution in [3.63, 3.8) is 0 Å². The van der Waals surface area contributed by atoms with E-state index in [0.29, 0.717) is 0 Å². The molecule has 13 heavy (non-hydrogen) atoms. The molecule has 2 bridgehead atoms. The molecule has 2 heterocycles. The van der Waals surface area contributed by atoms with Crippen molar-refractivity contribution in [1.29, 1.82) is 0 Å². The van der Waals surface area contributed by atoms with Crippen molar-refractivity contribution in [2.45, 2.75) is 23.6 Å². The number of hydrogen-bond acceptors (Lipinski definition) is 5. The Morgan fingerprint density at radius 1 is 1.62 bits per heavy atom. The van der Waals surface area contributed by atoms with Gasteiger partial charge >= 0.3 is 0 Å². The molecule has 5 heteroatoms. The van der Waals surface area contributed by atoms with E-state index >= 15 is 0 Å².